The van der Waals surface area contributed by atoms with E-state index in [0.29, 0.717) is 18.2 Å². The highest BCUT2D eigenvalue weighted by atomic mass is 16.4. The average Bonchev–Trinajstić information content (AvgIpc) is 3.11. The van der Waals surface area contributed by atoms with Gasteiger partial charge in [0.1, 0.15) is 5.82 Å². The van der Waals surface area contributed by atoms with Gasteiger partial charge in [-0.25, -0.2) is 9.78 Å². The molecule has 0 unspecified atom stereocenters. The second-order valence-electron chi connectivity index (χ2n) is 6.57. The van der Waals surface area contributed by atoms with Gasteiger partial charge in [-0.3, -0.25) is 4.79 Å². The first kappa shape index (κ1) is 18.4. The number of anilines is 1. The molecule has 0 atom stereocenters. The fraction of sp³-hybridized carbons (Fsp3) is 0.190. The van der Waals surface area contributed by atoms with E-state index in [-0.39, 0.29) is 11.1 Å². The Bertz CT molecular complexity index is 959. The highest BCUT2D eigenvalue weighted by Crippen LogP contribution is 2.17. The maximum absolute atomic E-state index is 12.4. The van der Waals surface area contributed by atoms with Gasteiger partial charge in [0, 0.05) is 30.5 Å². The van der Waals surface area contributed by atoms with Crippen LogP contribution < -0.4 is 5.32 Å². The van der Waals surface area contributed by atoms with Crippen molar-refractivity contribution < 1.29 is 14.7 Å². The fourth-order valence-corrected chi connectivity index (χ4v) is 2.91. The Kier molecular flexibility index (Phi) is 5.35. The predicted octanol–water partition coefficient (Wildman–Crippen LogP) is 4.01. The molecule has 0 aliphatic heterocycles. The molecule has 0 saturated heterocycles. The first-order valence-electron chi connectivity index (χ1n) is 8.69. The minimum Gasteiger partial charge on any atom is -0.478 e. The van der Waals surface area contributed by atoms with Gasteiger partial charge in [-0.15, -0.1) is 0 Å². The number of carboxylic acids is 1. The Hall–Kier alpha value is -3.41. The van der Waals surface area contributed by atoms with Gasteiger partial charge in [-0.1, -0.05) is 38.1 Å². The van der Waals surface area contributed by atoms with Crippen LogP contribution in [0.15, 0.2) is 60.9 Å². The maximum Gasteiger partial charge on any atom is 0.336 e. The van der Waals surface area contributed by atoms with Crippen molar-refractivity contribution in [3.8, 4) is 0 Å². The molecule has 0 fully saturated rings. The molecule has 2 N–H and O–H groups in total. The molecule has 0 saturated carbocycles. The molecular formula is C21H21N3O3. The van der Waals surface area contributed by atoms with E-state index in [0.717, 1.165) is 11.4 Å². The summed E-state index contributed by atoms with van der Waals surface area (Å²) >= 11 is 0. The number of aromatic nitrogens is 2. The predicted molar refractivity (Wildman–Crippen MR) is 103 cm³/mol. The number of benzene rings is 2. The van der Waals surface area contributed by atoms with Gasteiger partial charge in [0.2, 0.25) is 0 Å². The zero-order valence-corrected chi connectivity index (χ0v) is 15.2. The van der Waals surface area contributed by atoms with Crippen LogP contribution in [-0.4, -0.2) is 26.5 Å². The lowest BCUT2D eigenvalue weighted by Crippen LogP contribution is -2.16. The molecule has 0 aliphatic carbocycles. The Morgan fingerprint density at radius 3 is 2.37 bits per heavy atom. The Labute approximate surface area is 157 Å². The molecule has 0 radical (unpaired) electrons. The zero-order valence-electron chi connectivity index (χ0n) is 15.2. The smallest absolute Gasteiger partial charge is 0.336 e. The normalized spacial score (nSPS) is 10.8. The number of carboxylic acid groups (broad SMARTS) is 1. The monoisotopic (exact) mass is 363 g/mol. The average molecular weight is 363 g/mol. The van der Waals surface area contributed by atoms with Crippen LogP contribution >= 0.6 is 0 Å². The Morgan fingerprint density at radius 2 is 1.74 bits per heavy atom. The van der Waals surface area contributed by atoms with Crippen LogP contribution in [-0.2, 0) is 6.54 Å². The quantitative estimate of drug-likeness (QED) is 0.693. The molecule has 1 heterocycles. The minimum atomic E-state index is -1.13. The summed E-state index contributed by atoms with van der Waals surface area (Å²) in [6.07, 6.45) is 3.75. The van der Waals surface area contributed by atoms with Crippen molar-refractivity contribution in [1.29, 1.82) is 0 Å². The zero-order chi connectivity index (χ0) is 19.4. The summed E-state index contributed by atoms with van der Waals surface area (Å²) in [6.45, 7) is 4.91. The van der Waals surface area contributed by atoms with Gasteiger partial charge in [0.15, 0.2) is 0 Å². The van der Waals surface area contributed by atoms with Crippen LogP contribution in [0.2, 0.25) is 0 Å². The lowest BCUT2D eigenvalue weighted by atomic mass is 10.1. The second-order valence-corrected chi connectivity index (χ2v) is 6.57. The van der Waals surface area contributed by atoms with Gasteiger partial charge in [0.05, 0.1) is 11.1 Å². The van der Waals surface area contributed by atoms with E-state index in [2.05, 4.69) is 28.7 Å². The second kappa shape index (κ2) is 7.86. The van der Waals surface area contributed by atoms with Crippen LogP contribution in [0.3, 0.4) is 0 Å². The number of nitrogens with zero attached hydrogens (tertiary/aromatic N) is 2. The van der Waals surface area contributed by atoms with E-state index in [4.69, 9.17) is 0 Å². The topological polar surface area (TPSA) is 84.2 Å². The molecule has 0 aliphatic rings. The van der Waals surface area contributed by atoms with E-state index in [1.54, 1.807) is 18.3 Å². The molecule has 138 valence electrons. The molecule has 27 heavy (non-hydrogen) atoms. The van der Waals surface area contributed by atoms with E-state index < -0.39 is 11.9 Å². The molecule has 1 aromatic heterocycles. The standard InChI is InChI=1S/C21H21N3O3/c1-14(2)19-22-11-12-24(19)13-15-7-9-16(10-8-15)23-20(25)17-5-3-4-6-18(17)21(26)27/h3-12,14H,13H2,1-2H3,(H,23,25)(H,26,27). The number of aromatic carboxylic acids is 1. The van der Waals surface area contributed by atoms with Gasteiger partial charge >= 0.3 is 5.97 Å². The lowest BCUT2D eigenvalue weighted by molar-refractivity contribution is 0.0692. The largest absolute Gasteiger partial charge is 0.478 e. The molecule has 0 spiro atoms. The molecule has 6 heteroatoms. The number of rotatable bonds is 6. The number of imidazole rings is 1. The molecule has 3 aromatic rings. The summed E-state index contributed by atoms with van der Waals surface area (Å²) in [5, 5.41) is 12.0. The number of hydrogen-bond acceptors (Lipinski definition) is 3. The van der Waals surface area contributed by atoms with Crippen molar-refractivity contribution in [3.05, 3.63) is 83.4 Å². The summed E-state index contributed by atoms with van der Waals surface area (Å²) in [7, 11) is 0. The van der Waals surface area contributed by atoms with Gasteiger partial charge in [-0.05, 0) is 29.8 Å². The summed E-state index contributed by atoms with van der Waals surface area (Å²) in [6, 6.07) is 13.6. The number of hydrogen-bond donors (Lipinski definition) is 2. The third-order valence-corrected chi connectivity index (χ3v) is 4.23. The first-order valence-corrected chi connectivity index (χ1v) is 8.69. The van der Waals surface area contributed by atoms with Crippen molar-refractivity contribution in [1.82, 2.24) is 9.55 Å². The molecule has 6 nitrogen and oxygen atoms in total. The Morgan fingerprint density at radius 1 is 1.07 bits per heavy atom. The van der Waals surface area contributed by atoms with E-state index in [1.807, 2.05) is 30.5 Å². The molecule has 3 rings (SSSR count). The number of carbonyl (C=O) groups excluding carboxylic acids is 1. The fourth-order valence-electron chi connectivity index (χ4n) is 2.91. The molecule has 0 bridgehead atoms. The minimum absolute atomic E-state index is 0.0204. The van der Waals surface area contributed by atoms with Crippen LogP contribution in [0.4, 0.5) is 5.69 Å². The summed E-state index contributed by atoms with van der Waals surface area (Å²) in [4.78, 5) is 28.1. The highest BCUT2D eigenvalue weighted by Gasteiger charge is 2.15. The SMILES string of the molecule is CC(C)c1nccn1Cc1ccc(NC(=O)c2ccccc2C(=O)O)cc1. The Balaban J connectivity index is 1.72. The van der Waals surface area contributed by atoms with Gasteiger partial charge < -0.3 is 15.0 Å². The summed E-state index contributed by atoms with van der Waals surface area (Å²) < 4.78 is 2.10. The van der Waals surface area contributed by atoms with Crippen LogP contribution in [0.1, 0.15) is 51.9 Å². The first-order chi connectivity index (χ1) is 13.0. The van der Waals surface area contributed by atoms with Crippen molar-refractivity contribution in [2.75, 3.05) is 5.32 Å². The molecular weight excluding hydrogens is 342 g/mol. The van der Waals surface area contributed by atoms with Crippen molar-refractivity contribution >= 4 is 17.6 Å². The van der Waals surface area contributed by atoms with Crippen LogP contribution in [0.25, 0.3) is 0 Å². The van der Waals surface area contributed by atoms with Crippen molar-refractivity contribution in [3.63, 3.8) is 0 Å². The van der Waals surface area contributed by atoms with Gasteiger partial charge in [0.25, 0.3) is 5.91 Å². The van der Waals surface area contributed by atoms with Crippen LogP contribution in [0, 0.1) is 0 Å². The van der Waals surface area contributed by atoms with E-state index in [9.17, 15) is 14.7 Å². The number of nitrogens with one attached hydrogen (secondary N) is 1. The molecule has 2 aromatic carbocycles. The summed E-state index contributed by atoms with van der Waals surface area (Å²) in [5.74, 6) is -0.208. The highest BCUT2D eigenvalue weighted by molar-refractivity contribution is 6.10. The third-order valence-electron chi connectivity index (χ3n) is 4.23. The number of carbonyl (C=O) groups is 2. The van der Waals surface area contributed by atoms with Gasteiger partial charge in [-0.2, -0.15) is 0 Å². The van der Waals surface area contributed by atoms with E-state index in [1.165, 1.54) is 12.1 Å². The third kappa shape index (κ3) is 4.23. The van der Waals surface area contributed by atoms with Crippen LogP contribution in [0.5, 0.6) is 0 Å². The lowest BCUT2D eigenvalue weighted by Gasteiger charge is -2.11. The summed E-state index contributed by atoms with van der Waals surface area (Å²) in [5.41, 5.74) is 1.81. The maximum atomic E-state index is 12.4. The van der Waals surface area contributed by atoms with Crippen molar-refractivity contribution in [2.45, 2.75) is 26.3 Å². The number of amides is 1. The van der Waals surface area contributed by atoms with E-state index >= 15 is 0 Å². The molecule has 1 amide bonds. The van der Waals surface area contributed by atoms with Crippen molar-refractivity contribution in [2.24, 2.45) is 0 Å².